The van der Waals surface area contributed by atoms with Crippen LogP contribution in [0.4, 0.5) is 4.39 Å². The zero-order chi connectivity index (χ0) is 23.4. The molecule has 0 N–H and O–H groups in total. The summed E-state index contributed by atoms with van der Waals surface area (Å²) in [7, 11) is 1.61. The molecule has 11 heteroatoms. The normalized spacial score (nSPS) is 12.2. The smallest absolute Gasteiger partial charge is 0.258 e. The number of hydrogen-bond acceptors (Lipinski definition) is 7. The van der Waals surface area contributed by atoms with Crippen molar-refractivity contribution in [2.24, 2.45) is 0 Å². The van der Waals surface area contributed by atoms with Crippen LogP contribution in [0, 0.1) is 5.82 Å². The number of nitrogens with zero attached hydrogens (tertiary/aromatic N) is 5. The van der Waals surface area contributed by atoms with Crippen molar-refractivity contribution in [3.05, 3.63) is 81.4 Å². The van der Waals surface area contributed by atoms with Gasteiger partial charge in [0.25, 0.3) is 5.56 Å². The molecule has 1 unspecified atom stereocenters. The molecule has 172 valence electrons. The van der Waals surface area contributed by atoms with Crippen molar-refractivity contribution in [1.29, 1.82) is 0 Å². The number of hydrogen-bond donors (Lipinski definition) is 0. The molecule has 1 atom stereocenters. The Morgan fingerprint density at radius 1 is 1.21 bits per heavy atom. The predicted molar refractivity (Wildman–Crippen MR) is 123 cm³/mol. The molecule has 1 aromatic carbocycles. The fourth-order valence-electron chi connectivity index (χ4n) is 3.31. The van der Waals surface area contributed by atoms with Gasteiger partial charge in [0.1, 0.15) is 12.3 Å². The lowest BCUT2D eigenvalue weighted by atomic mass is 10.3. The molecule has 33 heavy (non-hydrogen) atoms. The summed E-state index contributed by atoms with van der Waals surface area (Å²) in [6.07, 6.45) is 1.54. The van der Waals surface area contributed by atoms with Gasteiger partial charge in [0.05, 0.1) is 23.4 Å². The van der Waals surface area contributed by atoms with Crippen molar-refractivity contribution in [2.45, 2.75) is 30.5 Å². The summed E-state index contributed by atoms with van der Waals surface area (Å²) in [6.45, 7) is 2.43. The van der Waals surface area contributed by atoms with Crippen LogP contribution in [-0.2, 0) is 17.1 Å². The van der Waals surface area contributed by atoms with Gasteiger partial charge in [-0.3, -0.25) is 13.8 Å². The molecule has 0 aliphatic carbocycles. The van der Waals surface area contributed by atoms with Crippen LogP contribution < -0.4 is 10.3 Å². The van der Waals surface area contributed by atoms with Gasteiger partial charge in [-0.1, -0.05) is 35.5 Å². The zero-order valence-corrected chi connectivity index (χ0v) is 19.5. The number of methoxy groups -OCH3 is 1. The van der Waals surface area contributed by atoms with Crippen molar-refractivity contribution < 1.29 is 13.9 Å². The van der Waals surface area contributed by atoms with Crippen LogP contribution in [0.2, 0.25) is 5.02 Å². The molecular weight excluding hydrogens is 469 g/mol. The Bertz CT molecular complexity index is 1330. The number of fused-ring (bicyclic) bond motifs is 1. The lowest BCUT2D eigenvalue weighted by Crippen LogP contribution is -2.17. The average Bonchev–Trinajstić information content (AvgIpc) is 3.21. The minimum absolute atomic E-state index is 0.0406. The first kappa shape index (κ1) is 23.2. The van der Waals surface area contributed by atoms with Gasteiger partial charge in [0, 0.05) is 25.1 Å². The first-order chi connectivity index (χ1) is 16.0. The second-order valence-corrected chi connectivity index (χ2v) is 8.62. The molecule has 4 aromatic rings. The molecule has 3 aromatic heterocycles. The van der Waals surface area contributed by atoms with Crippen molar-refractivity contribution in [3.8, 4) is 5.75 Å². The predicted octanol–water partition coefficient (Wildman–Crippen LogP) is 4.16. The molecule has 3 heterocycles. The van der Waals surface area contributed by atoms with Gasteiger partial charge in [-0.25, -0.2) is 9.37 Å². The molecule has 4 rings (SSSR count). The Balaban J connectivity index is 1.56. The van der Waals surface area contributed by atoms with Crippen LogP contribution in [0.1, 0.15) is 24.5 Å². The Labute approximate surface area is 198 Å². The van der Waals surface area contributed by atoms with E-state index in [1.54, 1.807) is 37.4 Å². The molecular formula is C22H21ClFN5O3S. The van der Waals surface area contributed by atoms with Crippen LogP contribution in [0.3, 0.4) is 0 Å². The van der Waals surface area contributed by atoms with Crippen molar-refractivity contribution in [1.82, 2.24) is 24.1 Å². The van der Waals surface area contributed by atoms with Crippen LogP contribution >= 0.6 is 23.4 Å². The molecule has 0 bridgehead atoms. The van der Waals surface area contributed by atoms with Crippen LogP contribution in [0.25, 0.3) is 5.65 Å². The van der Waals surface area contributed by atoms with Crippen LogP contribution in [-0.4, -0.2) is 37.9 Å². The Hall–Kier alpha value is -2.95. The quantitative estimate of drug-likeness (QED) is 0.326. The monoisotopic (exact) mass is 489 g/mol. The molecule has 0 radical (unpaired) electrons. The van der Waals surface area contributed by atoms with E-state index in [2.05, 4.69) is 15.2 Å². The molecule has 0 fully saturated rings. The highest BCUT2D eigenvalue weighted by atomic mass is 35.5. The van der Waals surface area contributed by atoms with E-state index in [0.717, 1.165) is 0 Å². The van der Waals surface area contributed by atoms with Crippen LogP contribution in [0.5, 0.6) is 5.75 Å². The maximum atomic E-state index is 13.9. The van der Waals surface area contributed by atoms with Gasteiger partial charge in [-0.15, -0.1) is 10.2 Å². The van der Waals surface area contributed by atoms with E-state index < -0.39 is 5.82 Å². The van der Waals surface area contributed by atoms with Crippen molar-refractivity contribution >= 4 is 29.0 Å². The number of pyridine rings is 1. The van der Waals surface area contributed by atoms with Gasteiger partial charge < -0.3 is 9.47 Å². The number of thioether (sulfide) groups is 1. The Morgan fingerprint density at radius 2 is 2.03 bits per heavy atom. The summed E-state index contributed by atoms with van der Waals surface area (Å²) in [6, 6.07) is 10.9. The third-order valence-corrected chi connectivity index (χ3v) is 6.00. The van der Waals surface area contributed by atoms with E-state index in [9.17, 15) is 9.18 Å². The summed E-state index contributed by atoms with van der Waals surface area (Å²) in [5.41, 5.74) is 0.896. The molecule has 0 saturated carbocycles. The van der Waals surface area contributed by atoms with Crippen molar-refractivity contribution in [2.75, 3.05) is 13.7 Å². The summed E-state index contributed by atoms with van der Waals surface area (Å²) in [4.78, 5) is 17.0. The maximum Gasteiger partial charge on any atom is 0.258 e. The number of benzene rings is 1. The first-order valence-corrected chi connectivity index (χ1v) is 11.4. The Kier molecular flexibility index (Phi) is 7.26. The van der Waals surface area contributed by atoms with E-state index in [1.807, 2.05) is 11.5 Å². The Morgan fingerprint density at radius 3 is 2.82 bits per heavy atom. The molecule has 0 aliphatic heterocycles. The van der Waals surface area contributed by atoms with E-state index in [-0.39, 0.29) is 24.0 Å². The third-order valence-electron chi connectivity index (χ3n) is 4.80. The van der Waals surface area contributed by atoms with Gasteiger partial charge in [-0.05, 0) is 31.2 Å². The fourth-order valence-corrected chi connectivity index (χ4v) is 4.41. The number of para-hydroxylation sites is 1. The summed E-state index contributed by atoms with van der Waals surface area (Å²) in [5.74, 6) is 0.631. The minimum Gasteiger partial charge on any atom is -0.483 e. The van der Waals surface area contributed by atoms with Crippen LogP contribution in [0.15, 0.2) is 58.6 Å². The first-order valence-electron chi connectivity index (χ1n) is 10.1. The summed E-state index contributed by atoms with van der Waals surface area (Å²) in [5, 5.41) is 9.60. The lowest BCUT2D eigenvalue weighted by Gasteiger charge is -2.17. The highest BCUT2D eigenvalue weighted by molar-refractivity contribution is 7.98. The highest BCUT2D eigenvalue weighted by Crippen LogP contribution is 2.26. The van der Waals surface area contributed by atoms with E-state index in [4.69, 9.17) is 21.1 Å². The number of rotatable bonds is 9. The lowest BCUT2D eigenvalue weighted by molar-refractivity contribution is 0.154. The standard InChI is InChI=1S/C22H21ClFN5O3S/c1-14(11-31-2)29-20(12-32-18-6-4-3-5-17(18)24)26-27-22(29)33-13-16-9-21(30)28-10-15(23)7-8-19(28)25-16/h3-10,14H,11-13H2,1-2H3. The second kappa shape index (κ2) is 10.3. The number of halogens is 2. The fraction of sp³-hybridized carbons (Fsp3) is 0.273. The largest absolute Gasteiger partial charge is 0.483 e. The van der Waals surface area contributed by atoms with Gasteiger partial charge in [0.15, 0.2) is 22.5 Å². The minimum atomic E-state index is -0.446. The third kappa shape index (κ3) is 5.35. The molecule has 0 aliphatic rings. The summed E-state index contributed by atoms with van der Waals surface area (Å²) >= 11 is 7.36. The SMILES string of the molecule is COCC(C)n1c(COc2ccccc2F)nnc1SCc1cc(=O)n2cc(Cl)ccc2n1. The average molecular weight is 490 g/mol. The topological polar surface area (TPSA) is 83.5 Å². The van der Waals surface area contributed by atoms with Gasteiger partial charge in [-0.2, -0.15) is 0 Å². The molecule has 0 amide bonds. The number of ether oxygens (including phenoxy) is 2. The number of aromatic nitrogens is 5. The maximum absolute atomic E-state index is 13.9. The van der Waals surface area contributed by atoms with Gasteiger partial charge in [0.2, 0.25) is 0 Å². The molecule has 0 spiro atoms. The van der Waals surface area contributed by atoms with E-state index >= 15 is 0 Å². The zero-order valence-electron chi connectivity index (χ0n) is 17.9. The second-order valence-electron chi connectivity index (χ2n) is 7.24. The van der Waals surface area contributed by atoms with E-state index in [0.29, 0.717) is 39.7 Å². The molecule has 0 saturated heterocycles. The van der Waals surface area contributed by atoms with Crippen molar-refractivity contribution in [3.63, 3.8) is 0 Å². The molecule has 8 nitrogen and oxygen atoms in total. The van der Waals surface area contributed by atoms with Gasteiger partial charge >= 0.3 is 0 Å². The van der Waals surface area contributed by atoms with E-state index in [1.165, 1.54) is 34.5 Å². The summed E-state index contributed by atoms with van der Waals surface area (Å²) < 4.78 is 28.1. The highest BCUT2D eigenvalue weighted by Gasteiger charge is 2.19.